The van der Waals surface area contributed by atoms with Crippen molar-refractivity contribution in [2.24, 2.45) is 5.92 Å². The van der Waals surface area contributed by atoms with Crippen LogP contribution in [0.5, 0.6) is 0 Å². The maximum atomic E-state index is 12.6. The van der Waals surface area contributed by atoms with E-state index in [0.717, 1.165) is 25.6 Å². The van der Waals surface area contributed by atoms with E-state index in [1.807, 2.05) is 11.9 Å². The summed E-state index contributed by atoms with van der Waals surface area (Å²) in [6.45, 7) is 5.67. The molecule has 3 rings (SSSR count). The van der Waals surface area contributed by atoms with Crippen molar-refractivity contribution in [2.45, 2.75) is 69.9 Å². The van der Waals surface area contributed by atoms with Crippen LogP contribution in [0.1, 0.15) is 58.3 Å². The Bertz CT molecular complexity index is 608. The predicted octanol–water partition coefficient (Wildman–Crippen LogP) is 1.66. The molecule has 1 amide bonds. The molecule has 2 heterocycles. The number of hydrogen-bond donors (Lipinski definition) is 1. The molecular formula is C20H37N3O3S. The average molecular weight is 400 g/mol. The molecule has 1 aliphatic carbocycles. The first-order valence-corrected chi connectivity index (χ1v) is 12.5. The van der Waals surface area contributed by atoms with Gasteiger partial charge in [-0.2, -0.15) is 0 Å². The Hall–Kier alpha value is -0.660. The molecule has 0 aromatic carbocycles. The highest BCUT2D eigenvalue weighted by Gasteiger charge is 2.40. The van der Waals surface area contributed by atoms with Gasteiger partial charge >= 0.3 is 0 Å². The molecule has 0 aromatic heterocycles. The normalized spacial score (nSPS) is 34.6. The second-order valence-electron chi connectivity index (χ2n) is 9.20. The van der Waals surface area contributed by atoms with Crippen LogP contribution in [0.2, 0.25) is 0 Å². The van der Waals surface area contributed by atoms with Crippen LogP contribution in [0, 0.1) is 5.92 Å². The molecule has 6 nitrogen and oxygen atoms in total. The molecule has 3 aliphatic rings. The zero-order chi connectivity index (χ0) is 19.5. The van der Waals surface area contributed by atoms with Gasteiger partial charge in [-0.3, -0.25) is 14.6 Å². The minimum absolute atomic E-state index is 0.0210. The Morgan fingerprint density at radius 2 is 1.81 bits per heavy atom. The third kappa shape index (κ3) is 5.45. The van der Waals surface area contributed by atoms with Gasteiger partial charge in [0, 0.05) is 18.1 Å². The largest absolute Gasteiger partial charge is 0.353 e. The lowest BCUT2D eigenvalue weighted by atomic mass is 9.75. The van der Waals surface area contributed by atoms with E-state index in [1.54, 1.807) is 0 Å². The Kier molecular flexibility index (Phi) is 6.85. The highest BCUT2D eigenvalue weighted by molar-refractivity contribution is 7.91. The summed E-state index contributed by atoms with van der Waals surface area (Å²) in [5.74, 6) is 1.25. The first-order valence-electron chi connectivity index (χ1n) is 10.7. The predicted molar refractivity (Wildman–Crippen MR) is 108 cm³/mol. The number of sulfone groups is 1. The molecule has 7 heteroatoms. The van der Waals surface area contributed by atoms with Gasteiger partial charge in [-0.1, -0.05) is 13.3 Å². The fourth-order valence-corrected chi connectivity index (χ4v) is 6.88. The second kappa shape index (κ2) is 8.78. The van der Waals surface area contributed by atoms with Crippen LogP contribution in [0.25, 0.3) is 0 Å². The summed E-state index contributed by atoms with van der Waals surface area (Å²) in [4.78, 5) is 17.1. The van der Waals surface area contributed by atoms with Gasteiger partial charge in [0.05, 0.1) is 18.1 Å². The van der Waals surface area contributed by atoms with E-state index < -0.39 is 9.84 Å². The molecule has 1 N–H and O–H groups in total. The summed E-state index contributed by atoms with van der Waals surface area (Å²) < 4.78 is 23.3. The van der Waals surface area contributed by atoms with Gasteiger partial charge in [-0.25, -0.2) is 8.42 Å². The molecule has 3 fully saturated rings. The quantitative estimate of drug-likeness (QED) is 0.736. The minimum atomic E-state index is -2.92. The lowest BCUT2D eigenvalue weighted by Crippen LogP contribution is -2.59. The smallest absolute Gasteiger partial charge is 0.234 e. The zero-order valence-corrected chi connectivity index (χ0v) is 17.9. The fourth-order valence-electron chi connectivity index (χ4n) is 5.07. The van der Waals surface area contributed by atoms with E-state index in [9.17, 15) is 13.2 Å². The topological polar surface area (TPSA) is 69.7 Å². The molecule has 1 saturated carbocycles. The third-order valence-electron chi connectivity index (χ3n) is 7.07. The van der Waals surface area contributed by atoms with Crippen molar-refractivity contribution in [3.05, 3.63) is 0 Å². The van der Waals surface area contributed by atoms with E-state index >= 15 is 0 Å². The lowest BCUT2D eigenvalue weighted by Gasteiger charge is -2.49. The number of likely N-dealkylation sites (N-methyl/N-ethyl adjacent to an activating group) is 1. The molecule has 2 aliphatic heterocycles. The first-order chi connectivity index (χ1) is 12.8. The van der Waals surface area contributed by atoms with Crippen LogP contribution in [-0.4, -0.2) is 80.4 Å². The molecule has 0 unspecified atom stereocenters. The number of piperidine rings is 1. The van der Waals surface area contributed by atoms with E-state index in [4.69, 9.17) is 0 Å². The SMILES string of the molecule is CC1CCC(CNC(=O)CN(C)[C@H]2CCS(=O)(=O)C2)(N2CCCCC2)CC1. The Labute approximate surface area is 165 Å². The van der Waals surface area contributed by atoms with Crippen molar-refractivity contribution in [2.75, 3.05) is 44.7 Å². The number of hydrogen-bond acceptors (Lipinski definition) is 5. The van der Waals surface area contributed by atoms with Crippen molar-refractivity contribution >= 4 is 15.7 Å². The number of nitrogens with zero attached hydrogens (tertiary/aromatic N) is 2. The van der Waals surface area contributed by atoms with Crippen LogP contribution < -0.4 is 5.32 Å². The number of nitrogens with one attached hydrogen (secondary N) is 1. The highest BCUT2D eigenvalue weighted by Crippen LogP contribution is 2.37. The first kappa shape index (κ1) is 21.1. The van der Waals surface area contributed by atoms with Gasteiger partial charge in [0.15, 0.2) is 9.84 Å². The van der Waals surface area contributed by atoms with Crippen LogP contribution in [0.4, 0.5) is 0 Å². The van der Waals surface area contributed by atoms with Gasteiger partial charge in [0.2, 0.25) is 5.91 Å². The molecule has 1 atom stereocenters. The summed E-state index contributed by atoms with van der Waals surface area (Å²) in [6, 6.07) is -0.0210. The monoisotopic (exact) mass is 399 g/mol. The molecule has 27 heavy (non-hydrogen) atoms. The minimum Gasteiger partial charge on any atom is -0.353 e. The molecule has 0 aromatic rings. The molecule has 0 bridgehead atoms. The summed E-state index contributed by atoms with van der Waals surface area (Å²) in [5, 5.41) is 3.21. The third-order valence-corrected chi connectivity index (χ3v) is 8.82. The van der Waals surface area contributed by atoms with Crippen molar-refractivity contribution in [3.8, 4) is 0 Å². The Morgan fingerprint density at radius 1 is 1.15 bits per heavy atom. The molecule has 0 radical (unpaired) electrons. The Morgan fingerprint density at radius 3 is 2.41 bits per heavy atom. The van der Waals surface area contributed by atoms with E-state index in [1.165, 1.54) is 44.9 Å². The summed E-state index contributed by atoms with van der Waals surface area (Å²) in [7, 11) is -1.05. The molecule has 0 spiro atoms. The van der Waals surface area contributed by atoms with Crippen molar-refractivity contribution in [3.63, 3.8) is 0 Å². The van der Waals surface area contributed by atoms with Crippen LogP contribution in [0.15, 0.2) is 0 Å². The number of carbonyl (C=O) groups is 1. The lowest BCUT2D eigenvalue weighted by molar-refractivity contribution is -0.123. The molecular weight excluding hydrogens is 362 g/mol. The summed E-state index contributed by atoms with van der Waals surface area (Å²) in [5.41, 5.74) is 0.123. The molecule has 156 valence electrons. The zero-order valence-electron chi connectivity index (χ0n) is 17.1. The Balaban J connectivity index is 1.54. The van der Waals surface area contributed by atoms with Crippen LogP contribution in [0.3, 0.4) is 0 Å². The molecule has 2 saturated heterocycles. The fraction of sp³-hybridized carbons (Fsp3) is 0.950. The maximum Gasteiger partial charge on any atom is 0.234 e. The van der Waals surface area contributed by atoms with Gasteiger partial charge < -0.3 is 5.32 Å². The van der Waals surface area contributed by atoms with Crippen molar-refractivity contribution in [1.82, 2.24) is 15.1 Å². The van der Waals surface area contributed by atoms with Gasteiger partial charge in [0.25, 0.3) is 0 Å². The van der Waals surface area contributed by atoms with E-state index in [2.05, 4.69) is 17.1 Å². The van der Waals surface area contributed by atoms with E-state index in [-0.39, 0.29) is 35.5 Å². The average Bonchev–Trinajstić information content (AvgIpc) is 3.02. The van der Waals surface area contributed by atoms with Crippen LogP contribution in [-0.2, 0) is 14.6 Å². The number of amides is 1. The van der Waals surface area contributed by atoms with Gasteiger partial charge in [0.1, 0.15) is 0 Å². The van der Waals surface area contributed by atoms with Gasteiger partial charge in [-0.05, 0) is 71.0 Å². The summed E-state index contributed by atoms with van der Waals surface area (Å²) >= 11 is 0. The van der Waals surface area contributed by atoms with Crippen LogP contribution >= 0.6 is 0 Å². The van der Waals surface area contributed by atoms with Crippen molar-refractivity contribution in [1.29, 1.82) is 0 Å². The number of likely N-dealkylation sites (tertiary alicyclic amines) is 1. The van der Waals surface area contributed by atoms with E-state index in [0.29, 0.717) is 6.42 Å². The van der Waals surface area contributed by atoms with Crippen molar-refractivity contribution < 1.29 is 13.2 Å². The number of rotatable bonds is 6. The maximum absolute atomic E-state index is 12.6. The second-order valence-corrected chi connectivity index (χ2v) is 11.4. The van der Waals surface area contributed by atoms with Gasteiger partial charge in [-0.15, -0.1) is 0 Å². The highest BCUT2D eigenvalue weighted by atomic mass is 32.2. The standard InChI is InChI=1S/C20H37N3O3S/c1-17-6-9-20(10-7-17,23-11-4-3-5-12-23)16-21-19(24)14-22(2)18-8-13-27(25,26)15-18/h17-18H,3-16H2,1-2H3,(H,21,24)/t17?,18-,20?/m0/s1. The summed E-state index contributed by atoms with van der Waals surface area (Å²) in [6.07, 6.45) is 9.33. The number of carbonyl (C=O) groups excluding carboxylic acids is 1.